The molecule has 5 saturated heterocycles. The van der Waals surface area contributed by atoms with Gasteiger partial charge in [0.25, 0.3) is 0 Å². The molecule has 16 heteroatoms. The Morgan fingerprint density at radius 2 is 1.13 bits per heavy atom. The van der Waals surface area contributed by atoms with E-state index in [2.05, 4.69) is 35.9 Å². The average molecular weight is 855 g/mol. The van der Waals surface area contributed by atoms with Crippen LogP contribution >= 0.6 is 0 Å². The first kappa shape index (κ1) is 46.9. The Bertz CT molecular complexity index is 1870. The number of hydrogen-bond donors (Lipinski definition) is 4. The van der Waals surface area contributed by atoms with Crippen molar-refractivity contribution in [2.45, 2.75) is 151 Å². The smallest absolute Gasteiger partial charge is 0.447 e. The number of nitrogens with zero attached hydrogens (tertiary/aromatic N) is 2. The molecule has 0 saturated carbocycles. The lowest BCUT2D eigenvalue weighted by atomic mass is 9.75. The predicted octanol–water partition coefficient (Wildman–Crippen LogP) is 5.49. The number of alkyl carbamates (subject to hydrolysis) is 2. The van der Waals surface area contributed by atoms with Gasteiger partial charge >= 0.3 is 26.4 Å². The molecule has 0 radical (unpaired) electrons. The molecule has 2 atom stereocenters. The third-order valence-corrected chi connectivity index (χ3v) is 14.0. The Labute approximate surface area is 367 Å². The van der Waals surface area contributed by atoms with E-state index in [4.69, 9.17) is 18.8 Å². The predicted molar refractivity (Wildman–Crippen MR) is 236 cm³/mol. The van der Waals surface area contributed by atoms with Crippen LogP contribution < -0.4 is 10.6 Å². The molecule has 5 fully saturated rings. The lowest BCUT2D eigenvalue weighted by Gasteiger charge is -2.34. The Hall–Kier alpha value is -4.63. The summed E-state index contributed by atoms with van der Waals surface area (Å²) in [6.07, 6.45) is 10.8. The topological polar surface area (TPSA) is 176 Å². The maximum absolute atomic E-state index is 13.0. The highest BCUT2D eigenvalue weighted by Crippen LogP contribution is 2.48. The van der Waals surface area contributed by atoms with Crippen LogP contribution in [0.5, 0.6) is 0 Å². The number of fused-ring (bicyclic) bond motifs is 4. The summed E-state index contributed by atoms with van der Waals surface area (Å²) in [7, 11) is -2.27. The fourth-order valence-corrected chi connectivity index (χ4v) is 9.85. The first-order valence-corrected chi connectivity index (χ1v) is 22.1. The fraction of sp³-hybridized carbons (Fsp3) is 0.565. The summed E-state index contributed by atoms with van der Waals surface area (Å²) < 4.78 is 23.6. The number of hydrogen-bond acceptors (Lipinski definition) is 10. The number of benzene rings is 2. The number of amides is 4. The maximum Gasteiger partial charge on any atom is 0.482 e. The van der Waals surface area contributed by atoms with Gasteiger partial charge in [-0.2, -0.15) is 0 Å². The number of ether oxygens (including phenoxy) is 2. The Balaban J connectivity index is 0.000000211. The molecule has 4 N–H and O–H groups in total. The van der Waals surface area contributed by atoms with E-state index in [0.717, 1.165) is 63.4 Å². The molecule has 4 amide bonds. The lowest BCUT2D eigenvalue weighted by molar-refractivity contribution is -0.132. The third-order valence-electron chi connectivity index (χ3n) is 14.0. The summed E-state index contributed by atoms with van der Waals surface area (Å²) in [5.41, 5.74) is 0.341. The standard InChI is InChI=1S/C26H37BN2O5.C20H27BN2O5/c1-6-22(30)29-20-14-16-26(29,17-15-20)18-32-23(31)28-21(13-12-19-10-8-7-9-11-19)27-33-24(2,3)25(4,5)34-27;1-2-18(24)23-16-10-12-20(23,13-11-16)14-28-19(25)22-17(21(26)27)9-8-15-6-4-3-5-7-15/h6-11,20-21H,1,12-18H2,2-5H3,(H,28,31);2-7,16-17,26-27H,1,8-14H2,(H,22,25)/t20?,21-,26?;16?,17-,20?/m00/s1. The fourth-order valence-electron chi connectivity index (χ4n) is 9.85. The van der Waals surface area contributed by atoms with Gasteiger partial charge in [-0.3, -0.25) is 9.59 Å². The number of rotatable bonds is 16. The second-order valence-corrected chi connectivity index (χ2v) is 18.5. The number of carbonyl (C=O) groups excluding carboxylic acids is 4. The van der Waals surface area contributed by atoms with Crippen LogP contribution in [0.15, 0.2) is 86.0 Å². The van der Waals surface area contributed by atoms with Crippen molar-refractivity contribution in [1.29, 1.82) is 0 Å². The molecule has 5 aliphatic heterocycles. The molecule has 2 aromatic rings. The van der Waals surface area contributed by atoms with Gasteiger partial charge in [-0.05, 0) is 128 Å². The van der Waals surface area contributed by atoms with Crippen molar-refractivity contribution in [3.8, 4) is 0 Å². The zero-order chi connectivity index (χ0) is 44.7. The summed E-state index contributed by atoms with van der Waals surface area (Å²) >= 11 is 0. The molecular weight excluding hydrogens is 790 g/mol. The SMILES string of the molecule is C=CC(=O)N1C2CCC1(COC(=O)N[C@@H](CCc1ccccc1)B(O)O)CC2.C=CC(=O)N1C2CCC1(COC(=O)N[C@@H](CCc1ccccc1)B1OC(C)(C)C(C)(C)O1)CC2. The average Bonchev–Trinajstić information content (AvgIpc) is 4.06. The largest absolute Gasteiger partial charge is 0.482 e. The Kier molecular flexibility index (Phi) is 15.0. The summed E-state index contributed by atoms with van der Waals surface area (Å²) in [5.74, 6) is -1.43. The van der Waals surface area contributed by atoms with Crippen LogP contribution in [0.3, 0.4) is 0 Å². The minimum atomic E-state index is -1.68. The van der Waals surface area contributed by atoms with E-state index in [1.807, 2.05) is 81.1 Å². The first-order valence-electron chi connectivity index (χ1n) is 22.1. The van der Waals surface area contributed by atoms with Gasteiger partial charge in [0.1, 0.15) is 13.2 Å². The van der Waals surface area contributed by atoms with Gasteiger partial charge in [-0.15, -0.1) is 0 Å². The summed E-state index contributed by atoms with van der Waals surface area (Å²) in [6, 6.07) is 20.2. The molecule has 5 aliphatic rings. The minimum Gasteiger partial charge on any atom is -0.447 e. The van der Waals surface area contributed by atoms with Crippen molar-refractivity contribution in [3.05, 3.63) is 97.1 Å². The van der Waals surface area contributed by atoms with E-state index < -0.39 is 54.6 Å². The molecule has 2 aromatic carbocycles. The van der Waals surface area contributed by atoms with Crippen LogP contribution in [-0.4, -0.2) is 118 Å². The van der Waals surface area contributed by atoms with Gasteiger partial charge in [0.05, 0.1) is 34.2 Å². The van der Waals surface area contributed by atoms with Crippen LogP contribution in [0.25, 0.3) is 0 Å². The van der Waals surface area contributed by atoms with Gasteiger partial charge in [0.15, 0.2) is 0 Å². The highest BCUT2D eigenvalue weighted by atomic mass is 16.7. The summed E-state index contributed by atoms with van der Waals surface area (Å²) in [5, 5.41) is 24.7. The van der Waals surface area contributed by atoms with Crippen molar-refractivity contribution in [2.75, 3.05) is 13.2 Å². The quantitative estimate of drug-likeness (QED) is 0.125. The van der Waals surface area contributed by atoms with Gasteiger partial charge < -0.3 is 49.3 Å². The van der Waals surface area contributed by atoms with Crippen molar-refractivity contribution < 1.29 is 48.0 Å². The monoisotopic (exact) mass is 854 g/mol. The normalized spacial score (nSPS) is 25.9. The minimum absolute atomic E-state index is 0.0815. The second-order valence-electron chi connectivity index (χ2n) is 18.5. The van der Waals surface area contributed by atoms with Crippen LogP contribution in [0.1, 0.15) is 103 Å². The highest BCUT2D eigenvalue weighted by molar-refractivity contribution is 6.48. The molecule has 5 heterocycles. The summed E-state index contributed by atoms with van der Waals surface area (Å²) in [4.78, 5) is 53.5. The van der Waals surface area contributed by atoms with E-state index in [1.165, 1.54) is 17.7 Å². The lowest BCUT2D eigenvalue weighted by Crippen LogP contribution is -2.51. The van der Waals surface area contributed by atoms with Crippen molar-refractivity contribution >= 4 is 38.2 Å². The van der Waals surface area contributed by atoms with Gasteiger partial charge in [0, 0.05) is 12.1 Å². The zero-order valence-corrected chi connectivity index (χ0v) is 36.8. The Morgan fingerprint density at radius 1 is 0.726 bits per heavy atom. The van der Waals surface area contributed by atoms with Crippen LogP contribution in [-0.2, 0) is 41.2 Å². The van der Waals surface area contributed by atoms with Gasteiger partial charge in [-0.1, -0.05) is 73.8 Å². The van der Waals surface area contributed by atoms with Crippen molar-refractivity contribution in [3.63, 3.8) is 0 Å². The molecule has 334 valence electrons. The molecular formula is C46H64B2N4O10. The van der Waals surface area contributed by atoms with E-state index >= 15 is 0 Å². The molecule has 62 heavy (non-hydrogen) atoms. The Morgan fingerprint density at radius 3 is 1.53 bits per heavy atom. The van der Waals surface area contributed by atoms with Crippen LogP contribution in [0, 0.1) is 0 Å². The van der Waals surface area contributed by atoms with E-state index in [9.17, 15) is 29.2 Å². The maximum atomic E-state index is 13.0. The highest BCUT2D eigenvalue weighted by Gasteiger charge is 2.56. The molecule has 0 spiro atoms. The summed E-state index contributed by atoms with van der Waals surface area (Å²) in [6.45, 7) is 15.5. The van der Waals surface area contributed by atoms with Crippen molar-refractivity contribution in [2.24, 2.45) is 0 Å². The molecule has 14 nitrogen and oxygen atoms in total. The second kappa shape index (κ2) is 19.8. The molecule has 4 bridgehead atoms. The van der Waals surface area contributed by atoms with E-state index in [1.54, 1.807) is 4.90 Å². The van der Waals surface area contributed by atoms with Crippen LogP contribution in [0.2, 0.25) is 0 Å². The molecule has 0 unspecified atom stereocenters. The van der Waals surface area contributed by atoms with E-state index in [-0.39, 0.29) is 43.1 Å². The van der Waals surface area contributed by atoms with Gasteiger partial charge in [-0.25, -0.2) is 9.59 Å². The number of carbonyl (C=O) groups is 4. The first-order chi connectivity index (χ1) is 29.5. The molecule has 0 aromatic heterocycles. The number of aryl methyl sites for hydroxylation is 2. The molecule has 0 aliphatic carbocycles. The van der Waals surface area contributed by atoms with Crippen molar-refractivity contribution in [1.82, 2.24) is 20.4 Å². The van der Waals surface area contributed by atoms with E-state index in [0.29, 0.717) is 19.3 Å². The number of nitrogens with one attached hydrogen (secondary N) is 2. The molecule has 7 rings (SSSR count). The van der Waals surface area contributed by atoms with Gasteiger partial charge in [0.2, 0.25) is 11.8 Å². The van der Waals surface area contributed by atoms with Crippen LogP contribution in [0.4, 0.5) is 9.59 Å². The zero-order valence-electron chi connectivity index (χ0n) is 36.8. The third kappa shape index (κ3) is 10.6.